The van der Waals surface area contributed by atoms with Gasteiger partial charge in [0.15, 0.2) is 0 Å². The second-order valence-corrected chi connectivity index (χ2v) is 5.92. The zero-order valence-corrected chi connectivity index (χ0v) is 14.6. The lowest BCUT2D eigenvalue weighted by molar-refractivity contribution is -0.122. The van der Waals surface area contributed by atoms with Crippen LogP contribution in [0.2, 0.25) is 0 Å². The molecule has 0 aliphatic heterocycles. The first-order chi connectivity index (χ1) is 11.6. The molecule has 2 N–H and O–H groups in total. The van der Waals surface area contributed by atoms with E-state index in [1.165, 1.54) is 0 Å². The van der Waals surface area contributed by atoms with E-state index in [9.17, 15) is 4.79 Å². The van der Waals surface area contributed by atoms with Gasteiger partial charge < -0.3 is 15.4 Å². The quantitative estimate of drug-likeness (QED) is 0.783. The van der Waals surface area contributed by atoms with Gasteiger partial charge in [-0.3, -0.25) is 4.79 Å². The SMILES string of the molecule is CNCCC(=O)NC(COc1c(C)cccc1C)c1ccccc1. The van der Waals surface area contributed by atoms with E-state index in [1.807, 2.05) is 69.4 Å². The average Bonchev–Trinajstić information content (AvgIpc) is 2.59. The number of amides is 1. The van der Waals surface area contributed by atoms with Crippen molar-refractivity contribution < 1.29 is 9.53 Å². The minimum atomic E-state index is -0.172. The van der Waals surface area contributed by atoms with Crippen LogP contribution in [-0.4, -0.2) is 26.1 Å². The third-order valence-electron chi connectivity index (χ3n) is 3.94. The van der Waals surface area contributed by atoms with Gasteiger partial charge in [0.1, 0.15) is 12.4 Å². The molecule has 1 amide bonds. The Labute approximate surface area is 144 Å². The molecule has 4 heteroatoms. The van der Waals surface area contributed by atoms with Gasteiger partial charge in [-0.25, -0.2) is 0 Å². The zero-order valence-electron chi connectivity index (χ0n) is 14.6. The molecule has 2 rings (SSSR count). The van der Waals surface area contributed by atoms with E-state index >= 15 is 0 Å². The van der Waals surface area contributed by atoms with Gasteiger partial charge >= 0.3 is 0 Å². The van der Waals surface area contributed by atoms with Crippen LogP contribution in [0.5, 0.6) is 5.75 Å². The normalized spacial score (nSPS) is 11.8. The molecule has 128 valence electrons. The number of hydrogen-bond donors (Lipinski definition) is 2. The van der Waals surface area contributed by atoms with Crippen molar-refractivity contribution in [3.05, 3.63) is 65.2 Å². The number of carbonyl (C=O) groups is 1. The molecule has 1 atom stereocenters. The van der Waals surface area contributed by atoms with Crippen molar-refractivity contribution in [2.24, 2.45) is 0 Å². The molecule has 0 radical (unpaired) electrons. The van der Waals surface area contributed by atoms with Gasteiger partial charge in [0.25, 0.3) is 0 Å². The number of carbonyl (C=O) groups excluding carboxylic acids is 1. The highest BCUT2D eigenvalue weighted by molar-refractivity contribution is 5.76. The summed E-state index contributed by atoms with van der Waals surface area (Å²) in [5.41, 5.74) is 3.24. The fourth-order valence-corrected chi connectivity index (χ4v) is 2.61. The van der Waals surface area contributed by atoms with Crippen LogP contribution in [0.25, 0.3) is 0 Å². The highest BCUT2D eigenvalue weighted by Crippen LogP contribution is 2.24. The van der Waals surface area contributed by atoms with Crippen LogP contribution in [0.15, 0.2) is 48.5 Å². The third-order valence-corrected chi connectivity index (χ3v) is 3.94. The lowest BCUT2D eigenvalue weighted by Gasteiger charge is -2.21. The third kappa shape index (κ3) is 5.10. The fourth-order valence-electron chi connectivity index (χ4n) is 2.61. The van der Waals surface area contributed by atoms with E-state index in [1.54, 1.807) is 0 Å². The van der Waals surface area contributed by atoms with E-state index in [-0.39, 0.29) is 11.9 Å². The van der Waals surface area contributed by atoms with Crippen molar-refractivity contribution in [1.82, 2.24) is 10.6 Å². The molecule has 2 aromatic rings. The summed E-state index contributed by atoms with van der Waals surface area (Å²) in [5.74, 6) is 0.909. The number of rotatable bonds is 8. The molecule has 0 aromatic heterocycles. The van der Waals surface area contributed by atoms with Gasteiger partial charge in [-0.15, -0.1) is 0 Å². The highest BCUT2D eigenvalue weighted by Gasteiger charge is 2.16. The van der Waals surface area contributed by atoms with Crippen LogP contribution in [-0.2, 0) is 4.79 Å². The van der Waals surface area contributed by atoms with Crippen molar-refractivity contribution in [2.75, 3.05) is 20.2 Å². The average molecular weight is 326 g/mol. The first-order valence-corrected chi connectivity index (χ1v) is 8.29. The maximum atomic E-state index is 12.1. The van der Waals surface area contributed by atoms with Crippen molar-refractivity contribution in [2.45, 2.75) is 26.3 Å². The summed E-state index contributed by atoms with van der Waals surface area (Å²) in [6, 6.07) is 15.9. The van der Waals surface area contributed by atoms with E-state index in [0.717, 1.165) is 22.4 Å². The van der Waals surface area contributed by atoms with E-state index in [0.29, 0.717) is 19.6 Å². The molecule has 0 bridgehead atoms. The summed E-state index contributed by atoms with van der Waals surface area (Å²) in [6.07, 6.45) is 0.448. The Morgan fingerprint density at radius 3 is 2.33 bits per heavy atom. The van der Waals surface area contributed by atoms with Crippen LogP contribution in [0.4, 0.5) is 0 Å². The summed E-state index contributed by atoms with van der Waals surface area (Å²) < 4.78 is 6.06. The van der Waals surface area contributed by atoms with Crippen LogP contribution in [0.3, 0.4) is 0 Å². The molecule has 0 aliphatic carbocycles. The molecule has 4 nitrogen and oxygen atoms in total. The Morgan fingerprint density at radius 2 is 1.71 bits per heavy atom. The van der Waals surface area contributed by atoms with Crippen molar-refractivity contribution in [3.8, 4) is 5.75 Å². The smallest absolute Gasteiger partial charge is 0.221 e. The minimum absolute atomic E-state index is 0.0170. The monoisotopic (exact) mass is 326 g/mol. The zero-order chi connectivity index (χ0) is 17.4. The van der Waals surface area contributed by atoms with Crippen LogP contribution >= 0.6 is 0 Å². The molecule has 0 saturated heterocycles. The molecule has 1 unspecified atom stereocenters. The van der Waals surface area contributed by atoms with Gasteiger partial charge in [-0.2, -0.15) is 0 Å². The van der Waals surface area contributed by atoms with Gasteiger partial charge in [0.2, 0.25) is 5.91 Å². The highest BCUT2D eigenvalue weighted by atomic mass is 16.5. The molecule has 2 aromatic carbocycles. The summed E-state index contributed by atoms with van der Waals surface area (Å²) >= 11 is 0. The van der Waals surface area contributed by atoms with Gasteiger partial charge in [-0.05, 0) is 37.6 Å². The van der Waals surface area contributed by atoms with Crippen LogP contribution in [0, 0.1) is 13.8 Å². The molecule has 24 heavy (non-hydrogen) atoms. The number of benzene rings is 2. The molecule has 0 saturated carbocycles. The van der Waals surface area contributed by atoms with Gasteiger partial charge in [0, 0.05) is 13.0 Å². The number of nitrogens with one attached hydrogen (secondary N) is 2. The van der Waals surface area contributed by atoms with Gasteiger partial charge in [-0.1, -0.05) is 48.5 Å². The van der Waals surface area contributed by atoms with E-state index < -0.39 is 0 Å². The second-order valence-electron chi connectivity index (χ2n) is 5.92. The predicted octanol–water partition coefficient (Wildman–Crippen LogP) is 3.15. The number of para-hydroxylation sites is 1. The maximum Gasteiger partial charge on any atom is 0.221 e. The maximum absolute atomic E-state index is 12.1. The lowest BCUT2D eigenvalue weighted by atomic mass is 10.1. The van der Waals surface area contributed by atoms with Crippen molar-refractivity contribution in [3.63, 3.8) is 0 Å². The Bertz CT molecular complexity index is 636. The summed E-state index contributed by atoms with van der Waals surface area (Å²) in [4.78, 5) is 12.1. The van der Waals surface area contributed by atoms with E-state index in [2.05, 4.69) is 10.6 Å². The van der Waals surface area contributed by atoms with Crippen LogP contribution in [0.1, 0.15) is 29.2 Å². The Hall–Kier alpha value is -2.33. The standard InChI is InChI=1S/C20H26N2O2/c1-15-8-7-9-16(2)20(15)24-14-18(17-10-5-4-6-11-17)22-19(23)12-13-21-3/h4-11,18,21H,12-14H2,1-3H3,(H,22,23). The summed E-state index contributed by atoms with van der Waals surface area (Å²) in [7, 11) is 1.84. The number of hydrogen-bond acceptors (Lipinski definition) is 3. The predicted molar refractivity (Wildman–Crippen MR) is 97.3 cm³/mol. The topological polar surface area (TPSA) is 50.4 Å². The molecule has 0 aliphatic rings. The lowest BCUT2D eigenvalue weighted by Crippen LogP contribution is -2.34. The van der Waals surface area contributed by atoms with Gasteiger partial charge in [0.05, 0.1) is 6.04 Å². The minimum Gasteiger partial charge on any atom is -0.491 e. The van der Waals surface area contributed by atoms with E-state index in [4.69, 9.17) is 4.74 Å². The molecular weight excluding hydrogens is 300 g/mol. The number of ether oxygens (including phenoxy) is 1. The fraction of sp³-hybridized carbons (Fsp3) is 0.350. The first kappa shape index (κ1) is 18.0. The Balaban J connectivity index is 2.10. The Kier molecular flexibility index (Phi) is 6.82. The second kappa shape index (κ2) is 9.08. The van der Waals surface area contributed by atoms with Crippen molar-refractivity contribution >= 4 is 5.91 Å². The van der Waals surface area contributed by atoms with Crippen molar-refractivity contribution in [1.29, 1.82) is 0 Å². The van der Waals surface area contributed by atoms with Crippen LogP contribution < -0.4 is 15.4 Å². The molecule has 0 heterocycles. The summed E-state index contributed by atoms with van der Waals surface area (Å²) in [6.45, 7) is 5.13. The first-order valence-electron chi connectivity index (χ1n) is 8.29. The number of aryl methyl sites for hydroxylation is 2. The molecule has 0 spiro atoms. The largest absolute Gasteiger partial charge is 0.491 e. The Morgan fingerprint density at radius 1 is 1.04 bits per heavy atom. The molecular formula is C20H26N2O2. The summed E-state index contributed by atoms with van der Waals surface area (Å²) in [5, 5.41) is 6.07. The molecule has 0 fully saturated rings.